The molecule has 0 aliphatic carbocycles. The van der Waals surface area contributed by atoms with Crippen molar-refractivity contribution in [2.75, 3.05) is 17.7 Å². The predicted molar refractivity (Wildman–Crippen MR) is 108 cm³/mol. The second kappa shape index (κ2) is 9.20. The summed E-state index contributed by atoms with van der Waals surface area (Å²) in [6.45, 7) is 3.66. The second-order valence-electron chi connectivity index (χ2n) is 5.93. The molecule has 2 aromatic carbocycles. The van der Waals surface area contributed by atoms with Crippen molar-refractivity contribution in [3.05, 3.63) is 58.6 Å². The molecule has 0 atom stereocenters. The van der Waals surface area contributed by atoms with Gasteiger partial charge in [0.25, 0.3) is 0 Å². The number of carbonyl (C=O) groups is 2. The summed E-state index contributed by atoms with van der Waals surface area (Å²) in [5.41, 5.74) is 2.13. The second-order valence-corrected chi connectivity index (χ2v) is 6.85. The molecule has 0 saturated carbocycles. The first-order valence-electron chi connectivity index (χ1n) is 8.12. The van der Waals surface area contributed by atoms with E-state index in [9.17, 15) is 9.59 Å². The SMILES string of the molecule is COc1ccc(Br)cc1C=CC(=O)Nc1ccc(NC(=O)C(C)C)cc1. The van der Waals surface area contributed by atoms with Crippen molar-refractivity contribution < 1.29 is 14.3 Å². The summed E-state index contributed by atoms with van der Waals surface area (Å²) in [4.78, 5) is 23.8. The van der Waals surface area contributed by atoms with Gasteiger partial charge in [0.05, 0.1) is 7.11 Å². The molecule has 0 aromatic heterocycles. The van der Waals surface area contributed by atoms with Gasteiger partial charge in [-0.05, 0) is 48.5 Å². The first kappa shape index (κ1) is 19.7. The summed E-state index contributed by atoms with van der Waals surface area (Å²) >= 11 is 3.40. The van der Waals surface area contributed by atoms with Crippen LogP contribution in [0, 0.1) is 5.92 Å². The molecule has 0 aliphatic rings. The lowest BCUT2D eigenvalue weighted by Crippen LogP contribution is -2.17. The first-order valence-corrected chi connectivity index (χ1v) is 8.92. The fraction of sp³-hybridized carbons (Fsp3) is 0.200. The third-order valence-electron chi connectivity index (χ3n) is 3.55. The molecule has 6 heteroatoms. The van der Waals surface area contributed by atoms with Crippen LogP contribution < -0.4 is 15.4 Å². The number of carbonyl (C=O) groups excluding carboxylic acids is 2. The maximum absolute atomic E-state index is 12.1. The van der Waals surface area contributed by atoms with Crippen LogP contribution in [0.2, 0.25) is 0 Å². The van der Waals surface area contributed by atoms with Crippen LogP contribution in [0.1, 0.15) is 19.4 Å². The van der Waals surface area contributed by atoms with Crippen molar-refractivity contribution in [1.82, 2.24) is 0 Å². The fourth-order valence-electron chi connectivity index (χ4n) is 2.11. The molecule has 5 nitrogen and oxygen atoms in total. The van der Waals surface area contributed by atoms with Crippen LogP contribution in [-0.4, -0.2) is 18.9 Å². The minimum absolute atomic E-state index is 0.0484. The van der Waals surface area contributed by atoms with Crippen LogP contribution in [0.15, 0.2) is 53.0 Å². The average Bonchev–Trinajstić information content (AvgIpc) is 2.61. The van der Waals surface area contributed by atoms with E-state index < -0.39 is 0 Å². The number of nitrogens with one attached hydrogen (secondary N) is 2. The molecule has 0 radical (unpaired) electrons. The van der Waals surface area contributed by atoms with Crippen LogP contribution in [0.25, 0.3) is 6.08 Å². The molecule has 0 aliphatic heterocycles. The largest absolute Gasteiger partial charge is 0.496 e. The Morgan fingerprint density at radius 3 is 2.23 bits per heavy atom. The molecule has 2 rings (SSSR count). The van der Waals surface area contributed by atoms with E-state index >= 15 is 0 Å². The Hall–Kier alpha value is -2.60. The number of halogens is 1. The van der Waals surface area contributed by atoms with Crippen LogP contribution in [0.3, 0.4) is 0 Å². The van der Waals surface area contributed by atoms with Crippen molar-refractivity contribution in [3.63, 3.8) is 0 Å². The quantitative estimate of drug-likeness (QED) is 0.670. The number of benzene rings is 2. The zero-order chi connectivity index (χ0) is 19.1. The zero-order valence-corrected chi connectivity index (χ0v) is 16.5. The van der Waals surface area contributed by atoms with Gasteiger partial charge in [-0.25, -0.2) is 0 Å². The summed E-state index contributed by atoms with van der Waals surface area (Å²) in [6, 6.07) is 12.5. The van der Waals surface area contributed by atoms with Crippen molar-refractivity contribution in [2.45, 2.75) is 13.8 Å². The van der Waals surface area contributed by atoms with Gasteiger partial charge in [-0.2, -0.15) is 0 Å². The van der Waals surface area contributed by atoms with E-state index in [1.807, 2.05) is 32.0 Å². The van der Waals surface area contributed by atoms with E-state index in [2.05, 4.69) is 26.6 Å². The van der Waals surface area contributed by atoms with Gasteiger partial charge in [-0.3, -0.25) is 9.59 Å². The Balaban J connectivity index is 1.99. The van der Waals surface area contributed by atoms with Crippen molar-refractivity contribution in [3.8, 4) is 5.75 Å². The van der Waals surface area contributed by atoms with E-state index in [4.69, 9.17) is 4.74 Å². The van der Waals surface area contributed by atoms with Crippen LogP contribution in [0.4, 0.5) is 11.4 Å². The Kier molecular flexibility index (Phi) is 6.97. The lowest BCUT2D eigenvalue weighted by Gasteiger charge is -2.09. The van der Waals surface area contributed by atoms with Crippen LogP contribution in [-0.2, 0) is 9.59 Å². The molecular weight excluding hydrogens is 396 g/mol. The van der Waals surface area contributed by atoms with Gasteiger partial charge in [0, 0.05) is 33.4 Å². The molecule has 26 heavy (non-hydrogen) atoms. The molecule has 0 fully saturated rings. The Morgan fingerprint density at radius 2 is 1.65 bits per heavy atom. The number of hydrogen-bond acceptors (Lipinski definition) is 3. The van der Waals surface area contributed by atoms with E-state index in [0.29, 0.717) is 17.1 Å². The third kappa shape index (κ3) is 5.74. The van der Waals surface area contributed by atoms with E-state index in [1.54, 1.807) is 37.5 Å². The topological polar surface area (TPSA) is 67.4 Å². The molecule has 2 N–H and O–H groups in total. The normalized spacial score (nSPS) is 10.8. The maximum atomic E-state index is 12.1. The number of hydrogen-bond donors (Lipinski definition) is 2. The van der Waals surface area contributed by atoms with E-state index in [0.717, 1.165) is 10.0 Å². The maximum Gasteiger partial charge on any atom is 0.248 e. The molecule has 2 amide bonds. The summed E-state index contributed by atoms with van der Waals surface area (Å²) < 4.78 is 6.17. The van der Waals surface area contributed by atoms with Gasteiger partial charge in [0.2, 0.25) is 11.8 Å². The van der Waals surface area contributed by atoms with Gasteiger partial charge in [-0.15, -0.1) is 0 Å². The lowest BCUT2D eigenvalue weighted by atomic mass is 10.2. The summed E-state index contributed by atoms with van der Waals surface area (Å²) in [6.07, 6.45) is 3.13. The molecule has 0 bridgehead atoms. The van der Waals surface area contributed by atoms with Crippen LogP contribution in [0.5, 0.6) is 5.75 Å². The smallest absolute Gasteiger partial charge is 0.248 e. The van der Waals surface area contributed by atoms with Crippen molar-refractivity contribution >= 4 is 45.2 Å². The zero-order valence-electron chi connectivity index (χ0n) is 14.9. The number of ether oxygens (including phenoxy) is 1. The molecule has 0 saturated heterocycles. The number of rotatable bonds is 6. The Bertz CT molecular complexity index is 814. The minimum Gasteiger partial charge on any atom is -0.496 e. The van der Waals surface area contributed by atoms with Gasteiger partial charge in [-0.1, -0.05) is 29.8 Å². The number of amides is 2. The Morgan fingerprint density at radius 1 is 1.04 bits per heavy atom. The lowest BCUT2D eigenvalue weighted by molar-refractivity contribution is -0.119. The van der Waals surface area contributed by atoms with Gasteiger partial charge in [0.15, 0.2) is 0 Å². The highest BCUT2D eigenvalue weighted by Gasteiger charge is 2.07. The number of anilines is 2. The van der Waals surface area contributed by atoms with Gasteiger partial charge >= 0.3 is 0 Å². The fourth-order valence-corrected chi connectivity index (χ4v) is 2.49. The standard InChI is InChI=1S/C20H21BrN2O3/c1-13(2)20(25)23-17-8-6-16(7-9-17)22-19(24)11-4-14-12-15(21)5-10-18(14)26-3/h4-13H,1-3H3,(H,22,24)(H,23,25). The van der Waals surface area contributed by atoms with Gasteiger partial charge < -0.3 is 15.4 Å². The molecule has 0 unspecified atom stereocenters. The molecular formula is C20H21BrN2O3. The summed E-state index contributed by atoms with van der Waals surface area (Å²) in [5, 5.41) is 5.58. The molecule has 136 valence electrons. The highest BCUT2D eigenvalue weighted by atomic mass is 79.9. The average molecular weight is 417 g/mol. The van der Waals surface area contributed by atoms with Crippen molar-refractivity contribution in [1.29, 1.82) is 0 Å². The highest BCUT2D eigenvalue weighted by molar-refractivity contribution is 9.10. The Labute approximate surface area is 161 Å². The minimum atomic E-state index is -0.258. The first-order chi connectivity index (χ1) is 12.4. The number of methoxy groups -OCH3 is 1. The monoisotopic (exact) mass is 416 g/mol. The molecule has 0 heterocycles. The highest BCUT2D eigenvalue weighted by Crippen LogP contribution is 2.24. The van der Waals surface area contributed by atoms with Crippen molar-refractivity contribution in [2.24, 2.45) is 5.92 Å². The summed E-state index contributed by atoms with van der Waals surface area (Å²) in [7, 11) is 1.58. The summed E-state index contributed by atoms with van der Waals surface area (Å²) in [5.74, 6) is 0.288. The third-order valence-corrected chi connectivity index (χ3v) is 4.04. The van der Waals surface area contributed by atoms with Gasteiger partial charge in [0.1, 0.15) is 5.75 Å². The van der Waals surface area contributed by atoms with Crippen LogP contribution >= 0.6 is 15.9 Å². The van der Waals surface area contributed by atoms with E-state index in [-0.39, 0.29) is 17.7 Å². The predicted octanol–water partition coefficient (Wildman–Crippen LogP) is 4.70. The molecule has 2 aromatic rings. The van der Waals surface area contributed by atoms with E-state index in [1.165, 1.54) is 6.08 Å². The molecule has 0 spiro atoms.